The highest BCUT2D eigenvalue weighted by Gasteiger charge is 2.20. The minimum absolute atomic E-state index is 0.0493. The predicted molar refractivity (Wildman–Crippen MR) is 138 cm³/mol. The number of nitro benzene ring substituents is 1. The number of thioether (sulfide) groups is 1. The van der Waals surface area contributed by atoms with Crippen LogP contribution in [-0.4, -0.2) is 38.5 Å². The van der Waals surface area contributed by atoms with Crippen LogP contribution in [0.15, 0.2) is 54.2 Å². The fourth-order valence-corrected chi connectivity index (χ4v) is 4.20. The summed E-state index contributed by atoms with van der Waals surface area (Å²) in [6.45, 7) is 12.5. The van der Waals surface area contributed by atoms with E-state index in [0.29, 0.717) is 28.8 Å². The minimum Gasteiger partial charge on any atom is -0.490 e. The summed E-state index contributed by atoms with van der Waals surface area (Å²) in [4.78, 5) is 23.3. The van der Waals surface area contributed by atoms with E-state index in [1.54, 1.807) is 13.0 Å². The predicted octanol–water partition coefficient (Wildman–Crippen LogP) is 5.38. The van der Waals surface area contributed by atoms with E-state index in [-0.39, 0.29) is 28.5 Å². The number of ether oxygens (including phenoxy) is 1. The van der Waals surface area contributed by atoms with Gasteiger partial charge in [0.2, 0.25) is 5.91 Å². The Bertz CT molecular complexity index is 1250. The number of methoxy groups -OCH3 is 1. The van der Waals surface area contributed by atoms with Crippen LogP contribution in [0.2, 0.25) is 0 Å². The number of carbonyl (C=O) groups excluding carboxylic acids is 1. The first-order chi connectivity index (χ1) is 16.5. The third-order valence-electron chi connectivity index (χ3n) is 5.37. The number of nitro groups is 1. The highest BCUT2D eigenvalue weighted by molar-refractivity contribution is 7.99. The lowest BCUT2D eigenvalue weighted by atomic mass is 9.87. The van der Waals surface area contributed by atoms with Gasteiger partial charge in [-0.15, -0.1) is 16.8 Å². The molecule has 0 saturated carbocycles. The van der Waals surface area contributed by atoms with Gasteiger partial charge in [-0.1, -0.05) is 62.9 Å². The second kappa shape index (κ2) is 10.7. The van der Waals surface area contributed by atoms with E-state index in [1.165, 1.54) is 36.6 Å². The summed E-state index contributed by atoms with van der Waals surface area (Å²) in [5.41, 5.74) is 3.06. The zero-order valence-corrected chi connectivity index (χ0v) is 21.3. The van der Waals surface area contributed by atoms with Gasteiger partial charge < -0.3 is 10.1 Å². The quantitative estimate of drug-likeness (QED) is 0.183. The molecule has 0 aliphatic carbocycles. The molecule has 2 aromatic carbocycles. The number of nitrogens with zero attached hydrogens (tertiary/aromatic N) is 4. The Morgan fingerprint density at radius 3 is 2.51 bits per heavy atom. The molecule has 1 amide bonds. The number of benzene rings is 2. The number of rotatable bonds is 9. The van der Waals surface area contributed by atoms with Crippen LogP contribution in [0.4, 0.5) is 11.4 Å². The maximum absolute atomic E-state index is 12.6. The van der Waals surface area contributed by atoms with Crippen LogP contribution < -0.4 is 10.1 Å². The van der Waals surface area contributed by atoms with Crippen LogP contribution in [0.5, 0.6) is 5.75 Å². The minimum atomic E-state index is -0.520. The zero-order chi connectivity index (χ0) is 25.8. The van der Waals surface area contributed by atoms with Crippen molar-refractivity contribution in [3.05, 3.63) is 70.3 Å². The highest BCUT2D eigenvalue weighted by atomic mass is 32.2. The van der Waals surface area contributed by atoms with E-state index in [4.69, 9.17) is 4.74 Å². The molecule has 0 radical (unpaired) electrons. The first kappa shape index (κ1) is 26.0. The number of amides is 1. The number of aryl methyl sites for hydroxylation is 1. The topological polar surface area (TPSA) is 112 Å². The molecule has 184 valence electrons. The molecule has 0 saturated heterocycles. The third kappa shape index (κ3) is 6.07. The van der Waals surface area contributed by atoms with Crippen LogP contribution in [0, 0.1) is 17.0 Å². The van der Waals surface area contributed by atoms with Crippen molar-refractivity contribution in [2.45, 2.75) is 44.8 Å². The molecule has 0 bridgehead atoms. The van der Waals surface area contributed by atoms with E-state index in [9.17, 15) is 14.9 Å². The van der Waals surface area contributed by atoms with Gasteiger partial charge in [-0.2, -0.15) is 0 Å². The van der Waals surface area contributed by atoms with Gasteiger partial charge >= 0.3 is 5.69 Å². The van der Waals surface area contributed by atoms with Gasteiger partial charge in [-0.3, -0.25) is 19.5 Å². The molecule has 0 aliphatic heterocycles. The molecule has 1 aromatic heterocycles. The number of allylic oxidation sites excluding steroid dienone is 1. The first-order valence-corrected chi connectivity index (χ1v) is 11.9. The van der Waals surface area contributed by atoms with Gasteiger partial charge in [-0.25, -0.2) is 0 Å². The van der Waals surface area contributed by atoms with E-state index >= 15 is 0 Å². The molecule has 10 heteroatoms. The third-order valence-corrected chi connectivity index (χ3v) is 6.33. The van der Waals surface area contributed by atoms with Crippen molar-refractivity contribution >= 4 is 29.0 Å². The summed E-state index contributed by atoms with van der Waals surface area (Å²) in [6, 6.07) is 11.0. The lowest BCUT2D eigenvalue weighted by Gasteiger charge is -2.19. The maximum atomic E-state index is 12.6. The summed E-state index contributed by atoms with van der Waals surface area (Å²) in [7, 11) is 1.35. The van der Waals surface area contributed by atoms with Crippen molar-refractivity contribution in [2.75, 3.05) is 18.2 Å². The van der Waals surface area contributed by atoms with Crippen LogP contribution in [0.1, 0.15) is 31.9 Å². The summed E-state index contributed by atoms with van der Waals surface area (Å²) in [5.74, 6) is 0.579. The molecule has 0 unspecified atom stereocenters. The highest BCUT2D eigenvalue weighted by Crippen LogP contribution is 2.33. The zero-order valence-electron chi connectivity index (χ0n) is 20.5. The molecular formula is C25H29N5O4S. The second-order valence-electron chi connectivity index (χ2n) is 8.97. The Balaban J connectivity index is 1.76. The van der Waals surface area contributed by atoms with Crippen molar-refractivity contribution < 1.29 is 14.5 Å². The normalized spacial score (nSPS) is 11.2. The Hall–Kier alpha value is -3.66. The van der Waals surface area contributed by atoms with Crippen molar-refractivity contribution in [3.63, 3.8) is 0 Å². The SMILES string of the molecule is C=CCn1c(SCC(=O)Nc2cc(OC)c([N+](=O)[O-])cc2C)nnc1-c1ccc(C(C)(C)C)cc1. The molecule has 3 aromatic rings. The van der Waals surface area contributed by atoms with Crippen LogP contribution in [0.25, 0.3) is 11.4 Å². The molecule has 3 rings (SSSR count). The number of anilines is 1. The standard InChI is InChI=1S/C25H29N5O4S/c1-7-12-29-23(17-8-10-18(11-9-17)25(3,4)5)27-28-24(29)35-15-22(31)26-19-14-21(34-6)20(30(32)33)13-16(19)2/h7-11,13-14H,1,12,15H2,2-6H3,(H,26,31). The van der Waals surface area contributed by atoms with E-state index in [2.05, 4.69) is 55.0 Å². The van der Waals surface area contributed by atoms with Crippen LogP contribution in [-0.2, 0) is 16.8 Å². The summed E-state index contributed by atoms with van der Waals surface area (Å²) < 4.78 is 7.01. The summed E-state index contributed by atoms with van der Waals surface area (Å²) in [6.07, 6.45) is 1.76. The van der Waals surface area contributed by atoms with E-state index < -0.39 is 4.92 Å². The average Bonchev–Trinajstić information content (AvgIpc) is 3.21. The maximum Gasteiger partial charge on any atom is 0.311 e. The molecule has 0 atom stereocenters. The van der Waals surface area contributed by atoms with Crippen LogP contribution >= 0.6 is 11.8 Å². The molecule has 0 fully saturated rings. The number of hydrogen-bond donors (Lipinski definition) is 1. The number of carbonyl (C=O) groups is 1. The van der Waals surface area contributed by atoms with Gasteiger partial charge in [0, 0.05) is 29.9 Å². The average molecular weight is 496 g/mol. The monoisotopic (exact) mass is 495 g/mol. The fraction of sp³-hybridized carbons (Fsp3) is 0.320. The summed E-state index contributed by atoms with van der Waals surface area (Å²) in [5, 5.41) is 23.2. The molecule has 1 heterocycles. The van der Waals surface area contributed by atoms with Gasteiger partial charge in [0.1, 0.15) is 0 Å². The van der Waals surface area contributed by atoms with Gasteiger partial charge in [0.05, 0.1) is 17.8 Å². The van der Waals surface area contributed by atoms with E-state index in [1.807, 2.05) is 16.7 Å². The number of nitrogens with one attached hydrogen (secondary N) is 1. The van der Waals surface area contributed by atoms with E-state index in [0.717, 1.165) is 5.56 Å². The number of hydrogen-bond acceptors (Lipinski definition) is 7. The Kier molecular flexibility index (Phi) is 7.96. The Morgan fingerprint density at radius 2 is 1.94 bits per heavy atom. The lowest BCUT2D eigenvalue weighted by molar-refractivity contribution is -0.385. The van der Waals surface area contributed by atoms with Gasteiger partial charge in [0.15, 0.2) is 16.7 Å². The Morgan fingerprint density at radius 1 is 1.26 bits per heavy atom. The molecule has 0 aliphatic rings. The van der Waals surface area contributed by atoms with Crippen molar-refractivity contribution in [3.8, 4) is 17.1 Å². The molecular weight excluding hydrogens is 466 g/mol. The second-order valence-corrected chi connectivity index (χ2v) is 9.91. The summed E-state index contributed by atoms with van der Waals surface area (Å²) >= 11 is 1.25. The first-order valence-electron chi connectivity index (χ1n) is 11.0. The molecule has 1 N–H and O–H groups in total. The smallest absolute Gasteiger partial charge is 0.311 e. The van der Waals surface area contributed by atoms with Crippen molar-refractivity contribution in [1.82, 2.24) is 14.8 Å². The van der Waals surface area contributed by atoms with Gasteiger partial charge in [0.25, 0.3) is 0 Å². The lowest BCUT2D eigenvalue weighted by Crippen LogP contribution is -2.15. The van der Waals surface area contributed by atoms with Crippen molar-refractivity contribution in [1.29, 1.82) is 0 Å². The largest absolute Gasteiger partial charge is 0.490 e. The fourth-order valence-electron chi connectivity index (χ4n) is 3.45. The number of aromatic nitrogens is 3. The molecule has 9 nitrogen and oxygen atoms in total. The Labute approximate surface area is 208 Å². The van der Waals surface area contributed by atoms with Crippen LogP contribution in [0.3, 0.4) is 0 Å². The molecule has 0 spiro atoms. The van der Waals surface area contributed by atoms with Crippen molar-refractivity contribution in [2.24, 2.45) is 0 Å². The molecule has 35 heavy (non-hydrogen) atoms. The van der Waals surface area contributed by atoms with Gasteiger partial charge in [-0.05, 0) is 23.5 Å².